The van der Waals surface area contributed by atoms with E-state index in [9.17, 15) is 17.6 Å². The van der Waals surface area contributed by atoms with Crippen LogP contribution in [0.25, 0.3) is 0 Å². The number of rotatable bonds is 6. The average Bonchev–Trinajstić information content (AvgIpc) is 2.53. The van der Waals surface area contributed by atoms with Crippen molar-refractivity contribution in [3.05, 3.63) is 65.0 Å². The topological polar surface area (TPSA) is 66.5 Å². The zero-order valence-corrected chi connectivity index (χ0v) is 17.0. The number of carbonyl (C=O) groups excluding carboxylic acids is 1. The number of aryl methyl sites for hydroxylation is 2. The average molecular weight is 392 g/mol. The quantitative estimate of drug-likeness (QED) is 0.819. The first-order valence-electron chi connectivity index (χ1n) is 8.62. The highest BCUT2D eigenvalue weighted by molar-refractivity contribution is 7.92. The molecule has 0 saturated carbocycles. The van der Waals surface area contributed by atoms with Crippen LogP contribution in [-0.4, -0.2) is 26.6 Å². The van der Waals surface area contributed by atoms with Crippen molar-refractivity contribution in [3.63, 3.8) is 0 Å². The fourth-order valence-electron chi connectivity index (χ4n) is 3.06. The number of anilines is 1. The molecule has 2 aromatic carbocycles. The number of nitrogens with one attached hydrogen (secondary N) is 1. The minimum Gasteiger partial charge on any atom is -0.348 e. The zero-order valence-electron chi connectivity index (χ0n) is 16.2. The van der Waals surface area contributed by atoms with Gasteiger partial charge in [0.2, 0.25) is 15.9 Å². The maximum Gasteiger partial charge on any atom is 0.244 e. The summed E-state index contributed by atoms with van der Waals surface area (Å²) in [5.41, 5.74) is 3.00. The summed E-state index contributed by atoms with van der Waals surface area (Å²) in [6.45, 7) is 7.06. The minimum atomic E-state index is -3.68. The highest BCUT2D eigenvalue weighted by atomic mass is 32.2. The lowest BCUT2D eigenvalue weighted by atomic mass is 10.1. The van der Waals surface area contributed by atoms with Crippen LogP contribution in [0, 0.1) is 19.7 Å². The van der Waals surface area contributed by atoms with Gasteiger partial charge < -0.3 is 5.32 Å². The predicted molar refractivity (Wildman–Crippen MR) is 106 cm³/mol. The van der Waals surface area contributed by atoms with E-state index in [1.54, 1.807) is 38.1 Å². The van der Waals surface area contributed by atoms with Crippen molar-refractivity contribution in [2.75, 3.05) is 10.6 Å². The molecule has 27 heavy (non-hydrogen) atoms. The third-order valence-electron chi connectivity index (χ3n) is 4.28. The lowest BCUT2D eigenvalue weighted by Crippen LogP contribution is -2.48. The molecule has 0 aliphatic carbocycles. The summed E-state index contributed by atoms with van der Waals surface area (Å²) in [7, 11) is -3.68. The van der Waals surface area contributed by atoms with Gasteiger partial charge in [0, 0.05) is 0 Å². The van der Waals surface area contributed by atoms with Crippen molar-refractivity contribution < 1.29 is 17.6 Å². The molecule has 0 aliphatic heterocycles. The molecule has 2 rings (SSSR count). The second kappa shape index (κ2) is 8.08. The van der Waals surface area contributed by atoms with Crippen LogP contribution < -0.4 is 9.62 Å². The Kier molecular flexibility index (Phi) is 6.26. The number of amides is 1. The molecule has 0 aliphatic rings. The van der Waals surface area contributed by atoms with Gasteiger partial charge in [-0.1, -0.05) is 18.2 Å². The molecule has 0 unspecified atom stereocenters. The lowest BCUT2D eigenvalue weighted by Gasteiger charge is -2.29. The van der Waals surface area contributed by atoms with Crippen molar-refractivity contribution in [1.82, 2.24) is 5.32 Å². The number of benzene rings is 2. The molecule has 1 amide bonds. The molecular weight excluding hydrogens is 367 g/mol. The molecule has 0 radical (unpaired) electrons. The Labute approximate surface area is 160 Å². The van der Waals surface area contributed by atoms with Gasteiger partial charge >= 0.3 is 0 Å². The third kappa shape index (κ3) is 5.29. The van der Waals surface area contributed by atoms with Crippen molar-refractivity contribution in [2.24, 2.45) is 0 Å². The Hall–Kier alpha value is -2.41. The first-order chi connectivity index (χ1) is 12.5. The normalized spacial score (nSPS) is 13.7. The second-order valence-corrected chi connectivity index (χ2v) is 8.72. The number of nitrogens with zero attached hydrogens (tertiary/aromatic N) is 1. The van der Waals surface area contributed by atoms with E-state index in [0.29, 0.717) is 5.69 Å². The van der Waals surface area contributed by atoms with E-state index in [2.05, 4.69) is 5.32 Å². The summed E-state index contributed by atoms with van der Waals surface area (Å²) in [6, 6.07) is 9.89. The van der Waals surface area contributed by atoms with Crippen molar-refractivity contribution in [2.45, 2.75) is 39.8 Å². The van der Waals surface area contributed by atoms with Crippen molar-refractivity contribution in [1.29, 1.82) is 0 Å². The van der Waals surface area contributed by atoms with E-state index in [1.165, 1.54) is 12.1 Å². The smallest absolute Gasteiger partial charge is 0.244 e. The maximum absolute atomic E-state index is 13.1. The van der Waals surface area contributed by atoms with Crippen LogP contribution in [0.3, 0.4) is 0 Å². The summed E-state index contributed by atoms with van der Waals surface area (Å²) in [5, 5.41) is 2.80. The van der Waals surface area contributed by atoms with Crippen LogP contribution in [0.2, 0.25) is 0 Å². The van der Waals surface area contributed by atoms with E-state index in [4.69, 9.17) is 0 Å². The molecule has 5 nitrogen and oxygen atoms in total. The lowest BCUT2D eigenvalue weighted by molar-refractivity contribution is -0.122. The fourth-order valence-corrected chi connectivity index (χ4v) is 4.21. The summed E-state index contributed by atoms with van der Waals surface area (Å²) in [5.74, 6) is -0.792. The summed E-state index contributed by atoms with van der Waals surface area (Å²) >= 11 is 0. The molecule has 0 fully saturated rings. The number of hydrogen-bond acceptors (Lipinski definition) is 3. The van der Waals surface area contributed by atoms with Gasteiger partial charge in [-0.15, -0.1) is 0 Å². The zero-order chi connectivity index (χ0) is 20.4. The monoisotopic (exact) mass is 392 g/mol. The van der Waals surface area contributed by atoms with Gasteiger partial charge in [0.05, 0.1) is 18.0 Å². The Morgan fingerprint density at radius 3 is 2.04 bits per heavy atom. The molecule has 2 atom stereocenters. The molecule has 2 aromatic rings. The van der Waals surface area contributed by atoms with E-state index < -0.39 is 22.0 Å². The molecular formula is C20H25FN2O3S. The largest absolute Gasteiger partial charge is 0.348 e. The van der Waals surface area contributed by atoms with E-state index >= 15 is 0 Å². The Balaban J connectivity index is 2.28. The fraction of sp³-hybridized carbons (Fsp3) is 0.350. The predicted octanol–water partition coefficient (Wildman–Crippen LogP) is 3.47. The Morgan fingerprint density at radius 1 is 1.04 bits per heavy atom. The molecule has 146 valence electrons. The van der Waals surface area contributed by atoms with Gasteiger partial charge in [-0.25, -0.2) is 12.8 Å². The van der Waals surface area contributed by atoms with Gasteiger partial charge in [0.1, 0.15) is 11.9 Å². The Morgan fingerprint density at radius 2 is 1.56 bits per heavy atom. The van der Waals surface area contributed by atoms with Crippen molar-refractivity contribution >= 4 is 21.6 Å². The van der Waals surface area contributed by atoms with Gasteiger partial charge in [0.25, 0.3) is 0 Å². The van der Waals surface area contributed by atoms with Gasteiger partial charge in [-0.05, 0) is 68.7 Å². The van der Waals surface area contributed by atoms with Crippen LogP contribution in [-0.2, 0) is 14.8 Å². The van der Waals surface area contributed by atoms with Gasteiger partial charge in [-0.3, -0.25) is 9.10 Å². The van der Waals surface area contributed by atoms with Gasteiger partial charge in [0.15, 0.2) is 0 Å². The Bertz CT molecular complexity index is 906. The van der Waals surface area contributed by atoms with Crippen LogP contribution in [0.15, 0.2) is 42.5 Å². The maximum atomic E-state index is 13.1. The molecule has 0 spiro atoms. The number of hydrogen-bond donors (Lipinski definition) is 1. The number of halogens is 1. The molecule has 0 bridgehead atoms. The minimum absolute atomic E-state index is 0.358. The standard InChI is InChI=1S/C20H25FN2O3S/c1-13-10-14(2)12-19(11-13)23(27(5,25)26)16(4)20(24)22-15(3)17-6-8-18(21)9-7-17/h6-12,15-16H,1-5H3,(H,22,24)/t15-,16+/m0/s1. The van der Waals surface area contributed by atoms with Crippen LogP contribution in [0.1, 0.15) is 36.6 Å². The highest BCUT2D eigenvalue weighted by Gasteiger charge is 2.30. The van der Waals surface area contributed by atoms with Gasteiger partial charge in [-0.2, -0.15) is 0 Å². The summed E-state index contributed by atoms with van der Waals surface area (Å²) in [6.07, 6.45) is 1.08. The first-order valence-corrected chi connectivity index (χ1v) is 10.5. The van der Waals surface area contributed by atoms with E-state index in [-0.39, 0.29) is 11.9 Å². The van der Waals surface area contributed by atoms with Crippen LogP contribution in [0.4, 0.5) is 10.1 Å². The summed E-state index contributed by atoms with van der Waals surface area (Å²) < 4.78 is 39.0. The SMILES string of the molecule is Cc1cc(C)cc(N([C@H](C)C(=O)N[C@@H](C)c2ccc(F)cc2)S(C)(=O)=O)c1. The number of carbonyl (C=O) groups is 1. The van der Waals surface area contributed by atoms with Crippen molar-refractivity contribution in [3.8, 4) is 0 Å². The molecule has 0 aromatic heterocycles. The molecule has 0 saturated heterocycles. The van der Waals surface area contributed by atoms with Crippen LogP contribution >= 0.6 is 0 Å². The third-order valence-corrected chi connectivity index (χ3v) is 5.52. The summed E-state index contributed by atoms with van der Waals surface area (Å²) in [4.78, 5) is 12.7. The van der Waals surface area contributed by atoms with E-state index in [0.717, 1.165) is 27.3 Å². The highest BCUT2D eigenvalue weighted by Crippen LogP contribution is 2.24. The van der Waals surface area contributed by atoms with E-state index in [1.807, 2.05) is 19.9 Å². The van der Waals surface area contributed by atoms with Crippen LogP contribution in [0.5, 0.6) is 0 Å². The molecule has 1 N–H and O–H groups in total. The molecule has 0 heterocycles. The second-order valence-electron chi connectivity index (χ2n) is 6.86. The molecule has 7 heteroatoms. The number of sulfonamides is 1. The first kappa shape index (κ1) is 20.9.